The zero-order valence-corrected chi connectivity index (χ0v) is 61.5. The van der Waals surface area contributed by atoms with Crippen molar-refractivity contribution < 1.29 is 101 Å². The molecule has 3 aromatic heterocycles. The Morgan fingerprint density at radius 2 is 0.638 bits per heavy atom. The molecular formula is C75H55Br2I2N5O21. The van der Waals surface area contributed by atoms with Gasteiger partial charge >= 0.3 is 17.9 Å². The van der Waals surface area contributed by atoms with Gasteiger partial charge in [0.25, 0.3) is 0 Å². The first-order chi connectivity index (χ1) is 50.0. The zero-order chi connectivity index (χ0) is 75.8. The Balaban J connectivity index is 0.000000169. The summed E-state index contributed by atoms with van der Waals surface area (Å²) < 4.78 is 35.1. The van der Waals surface area contributed by atoms with Crippen LogP contribution in [0.4, 0.5) is 11.4 Å². The Morgan fingerprint density at radius 3 is 0.924 bits per heavy atom. The molecule has 0 spiro atoms. The van der Waals surface area contributed by atoms with E-state index in [4.69, 9.17) is 56.1 Å². The molecule has 0 aliphatic rings. The van der Waals surface area contributed by atoms with E-state index in [1.807, 2.05) is 45.2 Å². The smallest absolute Gasteiger partial charge is 0.343 e. The van der Waals surface area contributed by atoms with Crippen LogP contribution in [-0.2, 0) is 33.6 Å². The molecule has 16 N–H and O–H groups in total. The number of phenols is 6. The molecule has 0 radical (unpaired) electrons. The average molecular weight is 1780 g/mol. The summed E-state index contributed by atoms with van der Waals surface area (Å²) in [6.07, 6.45) is -0.171. The highest BCUT2D eigenvalue weighted by Gasteiger charge is 2.30. The van der Waals surface area contributed by atoms with Gasteiger partial charge in [-0.1, -0.05) is 54.6 Å². The summed E-state index contributed by atoms with van der Waals surface area (Å²) >= 11 is 10.3. The van der Waals surface area contributed by atoms with Crippen LogP contribution in [0.25, 0.3) is 32.9 Å². The highest BCUT2D eigenvalue weighted by Crippen LogP contribution is 2.43. The fourth-order valence-electron chi connectivity index (χ4n) is 10.6. The molecule has 0 unspecified atom stereocenters. The van der Waals surface area contributed by atoms with Crippen LogP contribution in [0, 0.1) is 7.14 Å². The Morgan fingerprint density at radius 1 is 0.362 bits per heavy atom. The van der Waals surface area contributed by atoms with Crippen molar-refractivity contribution in [2.75, 3.05) is 11.5 Å². The van der Waals surface area contributed by atoms with Crippen LogP contribution >= 0.6 is 77.0 Å². The summed E-state index contributed by atoms with van der Waals surface area (Å²) in [6.45, 7) is 0. The first-order valence-corrected chi connectivity index (χ1v) is 34.6. The van der Waals surface area contributed by atoms with Gasteiger partial charge in [-0.25, -0.2) is 14.4 Å². The van der Waals surface area contributed by atoms with Gasteiger partial charge in [0.15, 0.2) is 57.6 Å². The first-order valence-electron chi connectivity index (χ1n) is 30.9. The molecule has 9 aromatic carbocycles. The highest BCUT2D eigenvalue weighted by molar-refractivity contribution is 14.1. The topological polar surface area (TPSA) is 472 Å². The van der Waals surface area contributed by atoms with Crippen LogP contribution in [0.15, 0.2) is 186 Å². The van der Waals surface area contributed by atoms with Crippen molar-refractivity contribution >= 4 is 174 Å². The number of furan rings is 3. The Bertz CT molecular complexity index is 4910. The number of primary amides is 3. The molecule has 105 heavy (non-hydrogen) atoms. The summed E-state index contributed by atoms with van der Waals surface area (Å²) in [4.78, 5) is 112. The summed E-state index contributed by atoms with van der Waals surface area (Å²) in [5, 5.41) is 62.4. The van der Waals surface area contributed by atoms with Crippen LogP contribution in [0.2, 0.25) is 0 Å². The van der Waals surface area contributed by atoms with Crippen molar-refractivity contribution in [2.24, 2.45) is 17.2 Å². The number of ketones is 3. The SMILES string of the molecule is NC(=O)CCc1oc2cc(OC(=O)c3ccccc3)c(O)cc2c1C(=O)c1cc(Br)c(O)c(Br)c1.NC(=O)CCc1oc2cc(OC(=O)c3ccccc3)c(O)cc2c1C(=O)c1cc(I)c(O)c(I)c1.NC(=O)CCc1oc2cc(OC(=O)c3ccccc3)c(O)cc2c1C(=O)c1cc(N)c(O)c(N)c1. The number of nitrogens with two attached hydrogens (primary N) is 5. The van der Waals surface area contributed by atoms with Crippen LogP contribution in [0.5, 0.6) is 51.7 Å². The number of ether oxygens (including phenoxy) is 3. The summed E-state index contributed by atoms with van der Waals surface area (Å²) in [6, 6.07) is 40.8. The molecule has 534 valence electrons. The fourth-order valence-corrected chi connectivity index (χ4v) is 13.5. The number of halogens is 4. The van der Waals surface area contributed by atoms with Gasteiger partial charge in [0.2, 0.25) is 17.7 Å². The van der Waals surface area contributed by atoms with E-state index in [0.717, 1.165) is 0 Å². The molecule has 12 rings (SSSR count). The van der Waals surface area contributed by atoms with Gasteiger partial charge in [-0.3, -0.25) is 28.8 Å². The zero-order valence-electron chi connectivity index (χ0n) is 54.0. The summed E-state index contributed by atoms with van der Waals surface area (Å²) in [7, 11) is 0. The van der Waals surface area contributed by atoms with Crippen LogP contribution in [0.3, 0.4) is 0 Å². The van der Waals surface area contributed by atoms with Crippen LogP contribution in [0.1, 0.15) is 115 Å². The monoisotopic (exact) mass is 1770 g/mol. The number of esters is 3. The first kappa shape index (κ1) is 75.9. The van der Waals surface area contributed by atoms with E-state index in [-0.39, 0.29) is 185 Å². The second-order valence-electron chi connectivity index (χ2n) is 22.9. The Labute approximate surface area is 636 Å². The maximum atomic E-state index is 13.5. The predicted octanol–water partition coefficient (Wildman–Crippen LogP) is 13.0. The van der Waals surface area contributed by atoms with Gasteiger partial charge in [-0.05, 0) is 168 Å². The average Bonchev–Trinajstić information content (AvgIpc) is 1.62. The number of aromatic hydroxyl groups is 6. The minimum atomic E-state index is -0.702. The van der Waals surface area contributed by atoms with Crippen molar-refractivity contribution in [3.8, 4) is 51.7 Å². The molecule has 3 heterocycles. The standard InChI is InChI=1S/C25H17Br2NO7.C25H17I2NO7.C25H21N3O7/c3*26-15-8-13(9-16(27)24(15)32)23(31)22-14-10-17(29)20(35-25(33)12-4-2-1-3-5-12)11-19(14)34-18(22)6-7-21(28)30/h2*1-5,8-11,29,32H,6-7H2,(H2,28,30);1-5,8-11,29,32H,6-7,26-27H2,(H2,28,30). The number of phenolic OH excluding ortho intramolecular Hbond substituents is 6. The molecule has 0 atom stereocenters. The highest BCUT2D eigenvalue weighted by atomic mass is 127. The number of hydrogen-bond donors (Lipinski definition) is 11. The maximum absolute atomic E-state index is 13.5. The van der Waals surface area contributed by atoms with E-state index < -0.39 is 58.7 Å². The third-order valence-electron chi connectivity index (χ3n) is 15.6. The van der Waals surface area contributed by atoms with E-state index in [9.17, 15) is 73.8 Å². The lowest BCUT2D eigenvalue weighted by Crippen LogP contribution is -2.12. The largest absolute Gasteiger partial charge is 0.506 e. The molecule has 0 saturated carbocycles. The normalized spacial score (nSPS) is 10.9. The van der Waals surface area contributed by atoms with Crippen molar-refractivity contribution in [1.82, 2.24) is 0 Å². The molecule has 30 heteroatoms. The van der Waals surface area contributed by atoms with Gasteiger partial charge in [-0.2, -0.15) is 0 Å². The number of hydrogen-bond acceptors (Lipinski definition) is 23. The van der Waals surface area contributed by atoms with E-state index in [1.165, 1.54) is 72.8 Å². The maximum Gasteiger partial charge on any atom is 0.343 e. The van der Waals surface area contributed by atoms with Gasteiger partial charge in [0.05, 0.1) is 60.8 Å². The number of fused-ring (bicyclic) bond motifs is 3. The third-order valence-corrected chi connectivity index (χ3v) is 18.5. The van der Waals surface area contributed by atoms with Gasteiger partial charge < -0.3 is 86.8 Å². The van der Waals surface area contributed by atoms with Crippen molar-refractivity contribution in [2.45, 2.75) is 38.5 Å². The van der Waals surface area contributed by atoms with Crippen molar-refractivity contribution in [3.63, 3.8) is 0 Å². The second kappa shape index (κ2) is 32.7. The number of benzene rings is 9. The minimum absolute atomic E-state index is 0.00592. The molecule has 3 amide bonds. The van der Waals surface area contributed by atoms with Gasteiger partial charge in [0.1, 0.15) is 45.5 Å². The number of rotatable bonds is 21. The summed E-state index contributed by atoms with van der Waals surface area (Å²) in [5.41, 5.74) is 29.3. The lowest BCUT2D eigenvalue weighted by atomic mass is 9.97. The van der Waals surface area contributed by atoms with Gasteiger partial charge in [0, 0.05) is 89.6 Å². The van der Waals surface area contributed by atoms with Gasteiger partial charge in [-0.15, -0.1) is 0 Å². The van der Waals surface area contributed by atoms with Crippen molar-refractivity contribution in [3.05, 3.63) is 247 Å². The Kier molecular flexibility index (Phi) is 23.6. The van der Waals surface area contributed by atoms with E-state index >= 15 is 0 Å². The quantitative estimate of drug-likeness (QED) is 0.00795. The molecule has 0 saturated heterocycles. The number of amides is 3. The number of carbonyl (C=O) groups is 9. The molecular weight excluding hydrogens is 1720 g/mol. The molecule has 12 aromatic rings. The minimum Gasteiger partial charge on any atom is -0.506 e. The third kappa shape index (κ3) is 17.5. The van der Waals surface area contributed by atoms with E-state index in [2.05, 4.69) is 31.9 Å². The second-order valence-corrected chi connectivity index (χ2v) is 26.9. The Hall–Kier alpha value is -11.8. The lowest BCUT2D eigenvalue weighted by molar-refractivity contribution is -0.118. The predicted molar refractivity (Wildman–Crippen MR) is 405 cm³/mol. The molecule has 0 aliphatic carbocycles. The number of carbonyl (C=O) groups excluding carboxylic acids is 9. The van der Waals surface area contributed by atoms with Crippen LogP contribution < -0.4 is 42.9 Å². The lowest BCUT2D eigenvalue weighted by Gasteiger charge is -2.08. The summed E-state index contributed by atoms with van der Waals surface area (Å²) in [5.74, 6) is -6.80. The number of nitrogen functional groups attached to an aromatic ring is 2. The number of anilines is 2. The molecule has 0 aliphatic heterocycles. The van der Waals surface area contributed by atoms with Crippen LogP contribution in [-0.4, -0.2) is 83.6 Å². The number of aryl methyl sites for hydroxylation is 3. The molecule has 26 nitrogen and oxygen atoms in total. The molecule has 0 fully saturated rings. The molecule has 0 bridgehead atoms. The van der Waals surface area contributed by atoms with E-state index in [0.29, 0.717) is 27.2 Å². The van der Waals surface area contributed by atoms with E-state index in [1.54, 1.807) is 91.0 Å². The fraction of sp³-hybridized carbons (Fsp3) is 0.0800. The van der Waals surface area contributed by atoms with Crippen molar-refractivity contribution in [1.29, 1.82) is 0 Å².